The van der Waals surface area contributed by atoms with Crippen molar-refractivity contribution in [1.82, 2.24) is 5.32 Å². The Bertz CT molecular complexity index is 235. The van der Waals surface area contributed by atoms with Gasteiger partial charge in [-0.15, -0.1) is 0 Å². The molecule has 13 heavy (non-hydrogen) atoms. The van der Waals surface area contributed by atoms with Gasteiger partial charge in [0.15, 0.2) is 0 Å². The summed E-state index contributed by atoms with van der Waals surface area (Å²) >= 11 is 1.75. The van der Waals surface area contributed by atoms with Gasteiger partial charge >= 0.3 is 0 Å². The van der Waals surface area contributed by atoms with Crippen LogP contribution in [0.3, 0.4) is 0 Å². The number of hydrogen-bond donors (Lipinski definition) is 2. The third-order valence-corrected chi connectivity index (χ3v) is 2.95. The highest BCUT2D eigenvalue weighted by Crippen LogP contribution is 2.12. The molecule has 0 bridgehead atoms. The van der Waals surface area contributed by atoms with E-state index in [9.17, 15) is 0 Å². The van der Waals surface area contributed by atoms with Crippen molar-refractivity contribution in [2.24, 2.45) is 0 Å². The summed E-state index contributed by atoms with van der Waals surface area (Å²) in [6.07, 6.45) is 1.95. The molecule has 1 rings (SSSR count). The van der Waals surface area contributed by atoms with Gasteiger partial charge in [0.05, 0.1) is 0 Å². The van der Waals surface area contributed by atoms with Crippen molar-refractivity contribution in [1.29, 1.82) is 0 Å². The number of rotatable bonds is 6. The fourth-order valence-corrected chi connectivity index (χ4v) is 2.01. The standard InChI is InChI=1S/C10H17NOS/c1-9-7-13-8-10(9)6-11-4-2-3-5-12/h7-8,11-12H,2-6H2,1H3. The number of hydrogen-bond acceptors (Lipinski definition) is 3. The van der Waals surface area contributed by atoms with Gasteiger partial charge in [-0.3, -0.25) is 0 Å². The smallest absolute Gasteiger partial charge is 0.0431 e. The monoisotopic (exact) mass is 199 g/mol. The van der Waals surface area contributed by atoms with Crippen molar-refractivity contribution < 1.29 is 5.11 Å². The van der Waals surface area contributed by atoms with Crippen molar-refractivity contribution in [3.63, 3.8) is 0 Å². The van der Waals surface area contributed by atoms with Gasteiger partial charge in [0.25, 0.3) is 0 Å². The van der Waals surface area contributed by atoms with E-state index in [4.69, 9.17) is 5.11 Å². The number of aliphatic hydroxyl groups is 1. The molecule has 0 fully saturated rings. The van der Waals surface area contributed by atoms with E-state index in [1.165, 1.54) is 11.1 Å². The molecule has 2 nitrogen and oxygen atoms in total. The van der Waals surface area contributed by atoms with E-state index in [1.807, 2.05) is 0 Å². The second-order valence-electron chi connectivity index (χ2n) is 3.19. The molecule has 3 heteroatoms. The number of nitrogens with one attached hydrogen (secondary N) is 1. The third-order valence-electron chi connectivity index (χ3n) is 2.04. The first-order valence-corrected chi connectivity index (χ1v) is 5.62. The summed E-state index contributed by atoms with van der Waals surface area (Å²) in [5.74, 6) is 0. The molecule has 2 N–H and O–H groups in total. The van der Waals surface area contributed by atoms with Gasteiger partial charge in [0.1, 0.15) is 0 Å². The lowest BCUT2D eigenvalue weighted by molar-refractivity contribution is 0.283. The van der Waals surface area contributed by atoms with E-state index in [0.29, 0.717) is 6.61 Å². The van der Waals surface area contributed by atoms with E-state index in [2.05, 4.69) is 23.0 Å². The van der Waals surface area contributed by atoms with Crippen LogP contribution in [-0.2, 0) is 6.54 Å². The molecular formula is C10H17NOS. The minimum Gasteiger partial charge on any atom is -0.396 e. The Morgan fingerprint density at radius 2 is 2.23 bits per heavy atom. The Balaban J connectivity index is 2.10. The zero-order valence-electron chi connectivity index (χ0n) is 8.05. The number of aryl methyl sites for hydroxylation is 1. The normalized spacial score (nSPS) is 10.6. The van der Waals surface area contributed by atoms with Crippen molar-refractivity contribution in [2.75, 3.05) is 13.2 Å². The fraction of sp³-hybridized carbons (Fsp3) is 0.600. The predicted molar refractivity (Wildman–Crippen MR) is 57.1 cm³/mol. The quantitative estimate of drug-likeness (QED) is 0.686. The number of unbranched alkanes of at least 4 members (excludes halogenated alkanes) is 1. The van der Waals surface area contributed by atoms with Crippen LogP contribution in [0.25, 0.3) is 0 Å². The van der Waals surface area contributed by atoms with E-state index in [0.717, 1.165) is 25.9 Å². The van der Waals surface area contributed by atoms with Crippen molar-refractivity contribution in [3.8, 4) is 0 Å². The van der Waals surface area contributed by atoms with Gasteiger partial charge in [-0.2, -0.15) is 11.3 Å². The van der Waals surface area contributed by atoms with Crippen molar-refractivity contribution in [2.45, 2.75) is 26.3 Å². The van der Waals surface area contributed by atoms with Gasteiger partial charge in [-0.1, -0.05) is 0 Å². The fourth-order valence-electron chi connectivity index (χ4n) is 1.15. The molecular weight excluding hydrogens is 182 g/mol. The second-order valence-corrected chi connectivity index (χ2v) is 3.93. The second kappa shape index (κ2) is 6.13. The molecule has 1 aromatic rings. The van der Waals surface area contributed by atoms with E-state index in [-0.39, 0.29) is 0 Å². The van der Waals surface area contributed by atoms with Crippen LogP contribution in [0.1, 0.15) is 24.0 Å². The molecule has 0 saturated carbocycles. The molecule has 0 aliphatic heterocycles. The van der Waals surface area contributed by atoms with Gasteiger partial charge < -0.3 is 10.4 Å². The van der Waals surface area contributed by atoms with Gasteiger partial charge in [-0.25, -0.2) is 0 Å². The largest absolute Gasteiger partial charge is 0.396 e. The summed E-state index contributed by atoms with van der Waals surface area (Å²) in [6, 6.07) is 0. The summed E-state index contributed by atoms with van der Waals surface area (Å²) in [4.78, 5) is 0. The summed E-state index contributed by atoms with van der Waals surface area (Å²) in [6.45, 7) is 4.40. The highest BCUT2D eigenvalue weighted by atomic mass is 32.1. The van der Waals surface area contributed by atoms with Gasteiger partial charge in [0.2, 0.25) is 0 Å². The molecule has 0 radical (unpaired) electrons. The Kier molecular flexibility index (Phi) is 5.05. The summed E-state index contributed by atoms with van der Waals surface area (Å²) in [5, 5.41) is 16.3. The molecule has 0 atom stereocenters. The highest BCUT2D eigenvalue weighted by molar-refractivity contribution is 7.08. The predicted octanol–water partition coefficient (Wildman–Crippen LogP) is 1.92. The Morgan fingerprint density at radius 1 is 1.38 bits per heavy atom. The van der Waals surface area contributed by atoms with Crippen LogP contribution in [0.15, 0.2) is 10.8 Å². The van der Waals surface area contributed by atoms with E-state index in [1.54, 1.807) is 11.3 Å². The van der Waals surface area contributed by atoms with Crippen LogP contribution in [-0.4, -0.2) is 18.3 Å². The third kappa shape index (κ3) is 3.89. The molecule has 1 heterocycles. The van der Waals surface area contributed by atoms with Crippen LogP contribution >= 0.6 is 11.3 Å². The maximum absolute atomic E-state index is 8.57. The van der Waals surface area contributed by atoms with Crippen LogP contribution < -0.4 is 5.32 Å². The molecule has 74 valence electrons. The first kappa shape index (κ1) is 10.7. The number of thiophene rings is 1. The minimum absolute atomic E-state index is 0.305. The Labute approximate surface area is 83.6 Å². The zero-order valence-corrected chi connectivity index (χ0v) is 8.86. The zero-order chi connectivity index (χ0) is 9.52. The van der Waals surface area contributed by atoms with Gasteiger partial charge in [0, 0.05) is 13.2 Å². The summed E-state index contributed by atoms with van der Waals surface area (Å²) in [5.41, 5.74) is 2.77. The molecule has 0 aromatic carbocycles. The minimum atomic E-state index is 0.305. The molecule has 0 unspecified atom stereocenters. The highest BCUT2D eigenvalue weighted by Gasteiger charge is 1.97. The lowest BCUT2D eigenvalue weighted by atomic mass is 10.2. The van der Waals surface area contributed by atoms with Crippen LogP contribution in [0.5, 0.6) is 0 Å². The first-order chi connectivity index (χ1) is 6.34. The van der Waals surface area contributed by atoms with Crippen LogP contribution in [0.2, 0.25) is 0 Å². The molecule has 0 spiro atoms. The van der Waals surface area contributed by atoms with Crippen LogP contribution in [0.4, 0.5) is 0 Å². The Morgan fingerprint density at radius 3 is 2.85 bits per heavy atom. The molecule has 1 aromatic heterocycles. The van der Waals surface area contributed by atoms with Crippen LogP contribution in [0, 0.1) is 6.92 Å². The Hall–Kier alpha value is -0.380. The summed E-state index contributed by atoms with van der Waals surface area (Å²) in [7, 11) is 0. The lowest BCUT2D eigenvalue weighted by Crippen LogP contribution is -2.15. The van der Waals surface area contributed by atoms with Crippen molar-refractivity contribution in [3.05, 3.63) is 21.9 Å². The van der Waals surface area contributed by atoms with E-state index < -0.39 is 0 Å². The maximum Gasteiger partial charge on any atom is 0.0431 e. The average molecular weight is 199 g/mol. The molecule has 0 amide bonds. The molecule has 0 aliphatic carbocycles. The molecule has 0 saturated heterocycles. The SMILES string of the molecule is Cc1cscc1CNCCCCO. The van der Waals surface area contributed by atoms with E-state index >= 15 is 0 Å². The molecule has 0 aliphatic rings. The van der Waals surface area contributed by atoms with Gasteiger partial charge in [-0.05, 0) is 48.2 Å². The van der Waals surface area contributed by atoms with Crippen molar-refractivity contribution >= 4 is 11.3 Å². The summed E-state index contributed by atoms with van der Waals surface area (Å²) < 4.78 is 0. The average Bonchev–Trinajstić information content (AvgIpc) is 2.52. The topological polar surface area (TPSA) is 32.3 Å². The first-order valence-electron chi connectivity index (χ1n) is 4.68. The lowest BCUT2D eigenvalue weighted by Gasteiger charge is -2.03. The maximum atomic E-state index is 8.57. The number of aliphatic hydroxyl groups excluding tert-OH is 1.